The van der Waals surface area contributed by atoms with Gasteiger partial charge in [-0.1, -0.05) is 29.8 Å². The first-order valence-corrected chi connectivity index (χ1v) is 7.32. The van der Waals surface area contributed by atoms with Gasteiger partial charge in [-0.25, -0.2) is 4.39 Å². The molecule has 0 bridgehead atoms. The molecule has 0 spiro atoms. The van der Waals surface area contributed by atoms with Crippen molar-refractivity contribution < 1.29 is 18.9 Å². The fraction of sp³-hybridized carbons (Fsp3) is 0.188. The topological polar surface area (TPSA) is 46.5 Å². The SMILES string of the molecule is O=C(Cc1ccc2c(c1)B(O)OCC2)c1ccc(F)c(Cl)c1. The molecule has 1 aliphatic heterocycles. The van der Waals surface area contributed by atoms with Crippen molar-refractivity contribution in [3.63, 3.8) is 0 Å². The molecule has 0 saturated carbocycles. The molecule has 2 aromatic carbocycles. The van der Waals surface area contributed by atoms with Crippen LogP contribution in [0.25, 0.3) is 0 Å². The van der Waals surface area contributed by atoms with Crippen LogP contribution in [0.4, 0.5) is 4.39 Å². The molecule has 0 atom stereocenters. The number of fused-ring (bicyclic) bond motifs is 1. The standard InChI is InChI=1S/C16H13BClFO3/c18-14-9-12(3-4-15(14)19)16(20)8-10-1-2-11-5-6-22-17(21)13(11)7-10/h1-4,7,9,21H,5-6,8H2. The maximum atomic E-state index is 13.1. The lowest BCUT2D eigenvalue weighted by molar-refractivity contribution is 0.0993. The van der Waals surface area contributed by atoms with E-state index in [0.29, 0.717) is 17.6 Å². The zero-order chi connectivity index (χ0) is 15.7. The summed E-state index contributed by atoms with van der Waals surface area (Å²) in [6.07, 6.45) is 0.899. The van der Waals surface area contributed by atoms with Crippen molar-refractivity contribution in [3.8, 4) is 0 Å². The monoisotopic (exact) mass is 318 g/mol. The summed E-state index contributed by atoms with van der Waals surface area (Å²) in [6, 6.07) is 9.47. The summed E-state index contributed by atoms with van der Waals surface area (Å²) in [4.78, 5) is 12.3. The molecular formula is C16H13BClFO3. The minimum atomic E-state index is -0.945. The second kappa shape index (κ2) is 6.20. The molecule has 3 rings (SSSR count). The number of hydrogen-bond acceptors (Lipinski definition) is 3. The molecule has 1 aliphatic rings. The molecule has 0 fully saturated rings. The van der Waals surface area contributed by atoms with Crippen molar-refractivity contribution >= 4 is 30.0 Å². The number of carbonyl (C=O) groups excluding carboxylic acids is 1. The highest BCUT2D eigenvalue weighted by atomic mass is 35.5. The third-order valence-corrected chi connectivity index (χ3v) is 4.02. The molecule has 1 heterocycles. The summed E-state index contributed by atoms with van der Waals surface area (Å²) in [7, 11) is -0.945. The van der Waals surface area contributed by atoms with Gasteiger partial charge in [-0.2, -0.15) is 0 Å². The maximum Gasteiger partial charge on any atom is 0.491 e. The number of hydrogen-bond donors (Lipinski definition) is 1. The van der Waals surface area contributed by atoms with Gasteiger partial charge in [0, 0.05) is 18.6 Å². The second-order valence-corrected chi connectivity index (χ2v) is 5.64. The third kappa shape index (κ3) is 3.07. The first-order chi connectivity index (χ1) is 10.5. The minimum absolute atomic E-state index is 0.0693. The van der Waals surface area contributed by atoms with Crippen LogP contribution in [-0.2, 0) is 17.5 Å². The van der Waals surface area contributed by atoms with Crippen molar-refractivity contribution in [1.29, 1.82) is 0 Å². The van der Waals surface area contributed by atoms with E-state index >= 15 is 0 Å². The van der Waals surface area contributed by atoms with Crippen LogP contribution < -0.4 is 5.46 Å². The Kier molecular flexibility index (Phi) is 4.29. The van der Waals surface area contributed by atoms with E-state index in [-0.39, 0.29) is 17.2 Å². The number of ketones is 1. The first kappa shape index (κ1) is 15.2. The molecule has 6 heteroatoms. The molecule has 112 valence electrons. The Morgan fingerprint density at radius 1 is 1.32 bits per heavy atom. The van der Waals surface area contributed by atoms with Crippen molar-refractivity contribution in [1.82, 2.24) is 0 Å². The van der Waals surface area contributed by atoms with Gasteiger partial charge >= 0.3 is 7.12 Å². The molecule has 0 aliphatic carbocycles. The van der Waals surface area contributed by atoms with Gasteiger partial charge in [0.15, 0.2) is 5.78 Å². The zero-order valence-corrected chi connectivity index (χ0v) is 12.4. The van der Waals surface area contributed by atoms with Crippen LogP contribution in [0.5, 0.6) is 0 Å². The van der Waals surface area contributed by atoms with Crippen LogP contribution in [0.2, 0.25) is 5.02 Å². The average Bonchev–Trinajstić information content (AvgIpc) is 2.51. The molecule has 0 radical (unpaired) electrons. The van der Waals surface area contributed by atoms with Gasteiger partial charge in [-0.05, 0) is 41.2 Å². The predicted molar refractivity (Wildman–Crippen MR) is 83.1 cm³/mol. The molecule has 0 saturated heterocycles. The lowest BCUT2D eigenvalue weighted by atomic mass is 9.73. The lowest BCUT2D eigenvalue weighted by Gasteiger charge is -2.19. The van der Waals surface area contributed by atoms with E-state index < -0.39 is 12.9 Å². The van der Waals surface area contributed by atoms with E-state index in [9.17, 15) is 14.2 Å². The van der Waals surface area contributed by atoms with Crippen LogP contribution in [0.1, 0.15) is 21.5 Å². The number of halogens is 2. The number of benzene rings is 2. The molecule has 0 aromatic heterocycles. The molecule has 3 nitrogen and oxygen atoms in total. The van der Waals surface area contributed by atoms with E-state index in [1.54, 1.807) is 6.07 Å². The maximum absolute atomic E-state index is 13.1. The van der Waals surface area contributed by atoms with E-state index in [1.807, 2.05) is 12.1 Å². The highest BCUT2D eigenvalue weighted by Gasteiger charge is 2.25. The number of rotatable bonds is 3. The van der Waals surface area contributed by atoms with Gasteiger partial charge in [0.05, 0.1) is 5.02 Å². The summed E-state index contributed by atoms with van der Waals surface area (Å²) >= 11 is 5.70. The Balaban J connectivity index is 1.82. The van der Waals surface area contributed by atoms with Gasteiger partial charge in [0.25, 0.3) is 0 Å². The number of carbonyl (C=O) groups is 1. The zero-order valence-electron chi connectivity index (χ0n) is 11.7. The third-order valence-electron chi connectivity index (χ3n) is 3.73. The molecule has 1 N–H and O–H groups in total. The predicted octanol–water partition coefficient (Wildman–Crippen LogP) is 2.16. The van der Waals surface area contributed by atoms with Crippen LogP contribution in [0.15, 0.2) is 36.4 Å². The summed E-state index contributed by atoms with van der Waals surface area (Å²) in [6.45, 7) is 0.487. The van der Waals surface area contributed by atoms with Crippen molar-refractivity contribution in [2.45, 2.75) is 12.8 Å². The second-order valence-electron chi connectivity index (χ2n) is 5.24. The lowest BCUT2D eigenvalue weighted by Crippen LogP contribution is -2.41. The highest BCUT2D eigenvalue weighted by molar-refractivity contribution is 6.60. The largest absolute Gasteiger partial charge is 0.491 e. The minimum Gasteiger partial charge on any atom is -0.423 e. The smallest absolute Gasteiger partial charge is 0.423 e. The van der Waals surface area contributed by atoms with Gasteiger partial charge in [-0.15, -0.1) is 0 Å². The molecule has 22 heavy (non-hydrogen) atoms. The van der Waals surface area contributed by atoms with E-state index in [4.69, 9.17) is 16.3 Å². The van der Waals surface area contributed by atoms with Gasteiger partial charge in [-0.3, -0.25) is 4.79 Å². The Morgan fingerprint density at radius 3 is 2.91 bits per heavy atom. The van der Waals surface area contributed by atoms with E-state index in [0.717, 1.165) is 17.5 Å². The van der Waals surface area contributed by atoms with Gasteiger partial charge in [0.1, 0.15) is 5.82 Å². The summed E-state index contributed by atoms with van der Waals surface area (Å²) in [5.41, 5.74) is 2.86. The molecule has 2 aromatic rings. The summed E-state index contributed by atoms with van der Waals surface area (Å²) < 4.78 is 18.3. The van der Waals surface area contributed by atoms with Crippen molar-refractivity contribution in [2.24, 2.45) is 0 Å². The van der Waals surface area contributed by atoms with Crippen molar-refractivity contribution in [2.75, 3.05) is 6.61 Å². The first-order valence-electron chi connectivity index (χ1n) is 6.94. The van der Waals surface area contributed by atoms with Crippen LogP contribution >= 0.6 is 11.6 Å². The van der Waals surface area contributed by atoms with Gasteiger partial charge < -0.3 is 9.68 Å². The quantitative estimate of drug-likeness (QED) is 0.697. The molecule has 0 unspecified atom stereocenters. The van der Waals surface area contributed by atoms with Crippen LogP contribution in [0.3, 0.4) is 0 Å². The van der Waals surface area contributed by atoms with Crippen LogP contribution in [-0.4, -0.2) is 24.5 Å². The fourth-order valence-corrected chi connectivity index (χ4v) is 2.72. The van der Waals surface area contributed by atoms with E-state index in [2.05, 4.69) is 0 Å². The van der Waals surface area contributed by atoms with Gasteiger partial charge in [0.2, 0.25) is 0 Å². The Labute approximate surface area is 132 Å². The van der Waals surface area contributed by atoms with E-state index in [1.165, 1.54) is 18.2 Å². The Morgan fingerprint density at radius 2 is 2.14 bits per heavy atom. The normalized spacial score (nSPS) is 13.9. The van der Waals surface area contributed by atoms with Crippen LogP contribution in [0, 0.1) is 5.82 Å². The summed E-state index contributed by atoms with van der Waals surface area (Å²) in [5.74, 6) is -0.708. The van der Waals surface area contributed by atoms with Crippen molar-refractivity contribution in [3.05, 3.63) is 63.9 Å². The summed E-state index contributed by atoms with van der Waals surface area (Å²) in [5, 5.41) is 9.77. The number of Topliss-reactive ketones (excluding diaryl/α,β-unsaturated/α-hetero) is 1. The Hall–Kier alpha value is -1.69. The molecule has 0 amide bonds. The highest BCUT2D eigenvalue weighted by Crippen LogP contribution is 2.18. The molecular weight excluding hydrogens is 305 g/mol. The Bertz CT molecular complexity index is 735. The average molecular weight is 319 g/mol. The fourth-order valence-electron chi connectivity index (χ4n) is 2.54.